The lowest BCUT2D eigenvalue weighted by atomic mass is 9.92. The first-order valence-electron chi connectivity index (χ1n) is 18.9. The van der Waals surface area contributed by atoms with E-state index in [-0.39, 0.29) is 48.1 Å². The molecule has 2 unspecified atom stereocenters. The molecule has 4 heterocycles. The van der Waals surface area contributed by atoms with Gasteiger partial charge in [-0.25, -0.2) is 4.98 Å². The monoisotopic (exact) mass is 708 g/mol. The van der Waals surface area contributed by atoms with Crippen LogP contribution >= 0.6 is 0 Å². The Kier molecular flexibility index (Phi) is 10.7. The van der Waals surface area contributed by atoms with Crippen LogP contribution in [0.4, 0.5) is 17.2 Å². The molecule has 3 aliphatic heterocycles. The summed E-state index contributed by atoms with van der Waals surface area (Å²) in [5, 5.41) is 19.7. The van der Waals surface area contributed by atoms with E-state index < -0.39 is 5.91 Å². The summed E-state index contributed by atoms with van der Waals surface area (Å²) in [5.41, 5.74) is 9.84. The molecule has 0 radical (unpaired) electrons. The van der Waals surface area contributed by atoms with Crippen molar-refractivity contribution in [1.29, 1.82) is 0 Å². The van der Waals surface area contributed by atoms with Gasteiger partial charge in [0.2, 0.25) is 0 Å². The molecule has 3 atom stereocenters. The van der Waals surface area contributed by atoms with Crippen LogP contribution in [0.25, 0.3) is 0 Å². The summed E-state index contributed by atoms with van der Waals surface area (Å²) in [6.45, 7) is 6.16. The number of nitrogens with one attached hydrogen (secondary N) is 3. The fourth-order valence-corrected chi connectivity index (χ4v) is 8.47. The molecule has 0 spiro atoms. The van der Waals surface area contributed by atoms with Crippen molar-refractivity contribution >= 4 is 34.9 Å². The number of nitrogens with zero attached hydrogens (tertiary/aromatic N) is 4. The van der Waals surface area contributed by atoms with Crippen LogP contribution in [0.5, 0.6) is 0 Å². The molecule has 1 saturated carbocycles. The maximum atomic E-state index is 13.5. The van der Waals surface area contributed by atoms with Crippen LogP contribution in [-0.4, -0.2) is 96.2 Å². The zero-order valence-electron chi connectivity index (χ0n) is 30.3. The van der Waals surface area contributed by atoms with Gasteiger partial charge in [0.1, 0.15) is 5.82 Å². The van der Waals surface area contributed by atoms with Crippen molar-refractivity contribution in [2.24, 2.45) is 5.73 Å². The molecule has 7 rings (SSSR count). The van der Waals surface area contributed by atoms with E-state index in [1.807, 2.05) is 19.1 Å². The molecule has 4 aliphatic rings. The predicted molar refractivity (Wildman–Crippen MR) is 203 cm³/mol. The molecule has 276 valence electrons. The van der Waals surface area contributed by atoms with Crippen LogP contribution < -0.4 is 31.5 Å². The molecular formula is C40H52N8O4. The number of carbonyl (C=O) groups is 3. The molecule has 4 fully saturated rings. The Hall–Kier alpha value is -4.68. The van der Waals surface area contributed by atoms with Crippen molar-refractivity contribution in [3.63, 3.8) is 0 Å². The molecule has 3 saturated heterocycles. The molecule has 6 N–H and O–H groups in total. The first-order valence-corrected chi connectivity index (χ1v) is 18.9. The van der Waals surface area contributed by atoms with Crippen LogP contribution in [0, 0.1) is 0 Å². The van der Waals surface area contributed by atoms with E-state index in [0.29, 0.717) is 35.2 Å². The van der Waals surface area contributed by atoms with Gasteiger partial charge in [-0.3, -0.25) is 14.4 Å². The van der Waals surface area contributed by atoms with E-state index in [4.69, 9.17) is 10.7 Å². The van der Waals surface area contributed by atoms with E-state index in [9.17, 15) is 19.5 Å². The highest BCUT2D eigenvalue weighted by atomic mass is 16.3. The highest BCUT2D eigenvalue weighted by Crippen LogP contribution is 2.39. The number of nitrogens with two attached hydrogens (primary N) is 1. The van der Waals surface area contributed by atoms with Gasteiger partial charge in [0, 0.05) is 73.5 Å². The van der Waals surface area contributed by atoms with E-state index >= 15 is 0 Å². The van der Waals surface area contributed by atoms with Crippen molar-refractivity contribution in [3.8, 4) is 0 Å². The highest BCUT2D eigenvalue weighted by molar-refractivity contribution is 6.02. The summed E-state index contributed by atoms with van der Waals surface area (Å²) in [4.78, 5) is 50.7. The van der Waals surface area contributed by atoms with Crippen LogP contribution in [-0.2, 0) is 0 Å². The number of primary amides is 1. The summed E-state index contributed by atoms with van der Waals surface area (Å²) < 4.78 is 0. The number of piperidine rings is 1. The Morgan fingerprint density at radius 3 is 2.13 bits per heavy atom. The SMILES string of the molecule is C[C@H](NC(=O)c1ccc(N2C3CCC2CC(NC(=O)c2ccc(C(N)=O)c(NC4CCC(O)CC4)c2)C3)nc1)c1ccc(N2CCN(C)CC2)cc1. The second-order valence-electron chi connectivity index (χ2n) is 15.2. The van der Waals surface area contributed by atoms with Crippen LogP contribution in [0.3, 0.4) is 0 Å². The minimum Gasteiger partial charge on any atom is -0.393 e. The van der Waals surface area contributed by atoms with Crippen molar-refractivity contribution < 1.29 is 19.5 Å². The maximum Gasteiger partial charge on any atom is 0.253 e. The Morgan fingerprint density at radius 2 is 1.50 bits per heavy atom. The standard InChI is InChI=1S/C40H52N8O4/c1-25(26-3-9-31(10-4-26)47-19-17-46(2)18-20-47)43-40(52)28-6-16-37(42-24-28)48-32-11-12-33(48)23-30(22-32)45-39(51)27-5-15-35(38(41)50)36(21-27)44-29-7-13-34(49)14-8-29/h3-6,9-10,15-16,21,24-25,29-30,32-34,44,49H,7-8,11-14,17-20,22-23H2,1-2H3,(H2,41,50)(H,43,52)(H,45,51)/t25-,29?,30?,32?,33?,34?/m0/s1. The average Bonchev–Trinajstić information content (AvgIpc) is 3.42. The average molecular weight is 709 g/mol. The Morgan fingerprint density at radius 1 is 0.827 bits per heavy atom. The molecule has 2 aromatic carbocycles. The Labute approximate surface area is 306 Å². The number of anilines is 3. The normalized spacial score (nSPS) is 25.3. The van der Waals surface area contributed by atoms with Crippen LogP contribution in [0.1, 0.15) is 101 Å². The highest BCUT2D eigenvalue weighted by Gasteiger charge is 2.42. The van der Waals surface area contributed by atoms with E-state index in [0.717, 1.165) is 76.1 Å². The van der Waals surface area contributed by atoms with Gasteiger partial charge in [0.15, 0.2) is 0 Å². The molecule has 3 aromatic rings. The number of aliphatic hydroxyl groups excluding tert-OH is 1. The van der Waals surface area contributed by atoms with E-state index in [1.54, 1.807) is 24.4 Å². The van der Waals surface area contributed by atoms with Crippen molar-refractivity contribution in [2.45, 2.75) is 94.6 Å². The van der Waals surface area contributed by atoms with Gasteiger partial charge in [-0.05, 0) is 113 Å². The molecule has 52 heavy (non-hydrogen) atoms. The van der Waals surface area contributed by atoms with Gasteiger partial charge in [-0.1, -0.05) is 12.1 Å². The number of benzene rings is 2. The third-order valence-corrected chi connectivity index (χ3v) is 11.6. The largest absolute Gasteiger partial charge is 0.393 e. The summed E-state index contributed by atoms with van der Waals surface area (Å²) in [6, 6.07) is 17.7. The van der Waals surface area contributed by atoms with Crippen molar-refractivity contribution in [3.05, 3.63) is 83.0 Å². The summed E-state index contributed by atoms with van der Waals surface area (Å²) >= 11 is 0. The number of rotatable bonds is 10. The van der Waals surface area contributed by atoms with Gasteiger partial charge in [0.05, 0.1) is 23.3 Å². The topological polar surface area (TPSA) is 156 Å². The number of aliphatic hydroxyl groups is 1. The lowest BCUT2D eigenvalue weighted by molar-refractivity contribution is 0.0922. The van der Waals surface area contributed by atoms with Crippen LogP contribution in [0.2, 0.25) is 0 Å². The summed E-state index contributed by atoms with van der Waals surface area (Å²) in [5.74, 6) is -0.0219. The number of carbonyl (C=O) groups excluding carboxylic acids is 3. The fourth-order valence-electron chi connectivity index (χ4n) is 8.47. The molecule has 1 aliphatic carbocycles. The smallest absolute Gasteiger partial charge is 0.253 e. The minimum atomic E-state index is -0.548. The van der Waals surface area contributed by atoms with Gasteiger partial charge in [-0.15, -0.1) is 0 Å². The predicted octanol–water partition coefficient (Wildman–Crippen LogP) is 4.07. The number of piperazine rings is 1. The zero-order valence-corrected chi connectivity index (χ0v) is 30.3. The second-order valence-corrected chi connectivity index (χ2v) is 15.2. The lowest BCUT2D eigenvalue weighted by Crippen LogP contribution is -2.50. The van der Waals surface area contributed by atoms with E-state index in [2.05, 4.69) is 62.0 Å². The molecule has 3 amide bonds. The zero-order chi connectivity index (χ0) is 36.4. The lowest BCUT2D eigenvalue weighted by Gasteiger charge is -2.40. The van der Waals surface area contributed by atoms with Crippen LogP contribution in [0.15, 0.2) is 60.8 Å². The summed E-state index contributed by atoms with van der Waals surface area (Å²) in [6.07, 6.45) is 7.98. The second kappa shape index (κ2) is 15.5. The van der Waals surface area contributed by atoms with E-state index in [1.165, 1.54) is 5.69 Å². The number of hydrogen-bond acceptors (Lipinski definition) is 9. The Balaban J connectivity index is 0.930. The Bertz CT molecular complexity index is 1720. The van der Waals surface area contributed by atoms with Crippen molar-refractivity contribution in [1.82, 2.24) is 20.5 Å². The van der Waals surface area contributed by atoms with Gasteiger partial charge in [-0.2, -0.15) is 0 Å². The van der Waals surface area contributed by atoms with Crippen molar-refractivity contribution in [2.75, 3.05) is 48.3 Å². The number of fused-ring (bicyclic) bond motifs is 2. The molecule has 12 nitrogen and oxygen atoms in total. The number of aromatic nitrogens is 1. The number of hydrogen-bond donors (Lipinski definition) is 5. The molecular weight excluding hydrogens is 656 g/mol. The maximum absolute atomic E-state index is 13.5. The fraction of sp³-hybridized carbons (Fsp3) is 0.500. The quantitative estimate of drug-likeness (QED) is 0.210. The number of amides is 3. The molecule has 1 aromatic heterocycles. The summed E-state index contributed by atoms with van der Waals surface area (Å²) in [7, 11) is 2.15. The van der Waals surface area contributed by atoms with Gasteiger partial charge < -0.3 is 41.5 Å². The first-order chi connectivity index (χ1) is 25.1. The molecule has 12 heteroatoms. The molecule has 2 bridgehead atoms. The number of likely N-dealkylation sites (N-methyl/N-ethyl adjacent to an activating group) is 1. The minimum absolute atomic E-state index is 0.00969. The third kappa shape index (κ3) is 8.03. The first kappa shape index (κ1) is 35.7. The van der Waals surface area contributed by atoms with Gasteiger partial charge >= 0.3 is 0 Å². The van der Waals surface area contributed by atoms with Gasteiger partial charge in [0.25, 0.3) is 17.7 Å². The number of pyridine rings is 1. The third-order valence-electron chi connectivity index (χ3n) is 11.6.